The zero-order valence-corrected chi connectivity index (χ0v) is 19.0. The summed E-state index contributed by atoms with van der Waals surface area (Å²) >= 11 is 6.04. The summed E-state index contributed by atoms with van der Waals surface area (Å²) in [7, 11) is -3.32. The van der Waals surface area contributed by atoms with Crippen molar-refractivity contribution in [1.82, 2.24) is 14.9 Å². The maximum atomic E-state index is 13.2. The number of nitrogens with one attached hydrogen (secondary N) is 1. The zero-order valence-electron chi connectivity index (χ0n) is 17.4. The third kappa shape index (κ3) is 5.18. The third-order valence-corrected chi connectivity index (χ3v) is 6.10. The molecule has 1 N–H and O–H groups in total. The van der Waals surface area contributed by atoms with Crippen molar-refractivity contribution >= 4 is 38.4 Å². The summed E-state index contributed by atoms with van der Waals surface area (Å²) in [6.07, 6.45) is 1.16. The molecule has 0 saturated carbocycles. The Bertz CT molecular complexity index is 1350. The summed E-state index contributed by atoms with van der Waals surface area (Å²) in [6.45, 7) is -0.0533. The Morgan fingerprint density at radius 1 is 0.969 bits per heavy atom. The van der Waals surface area contributed by atoms with Gasteiger partial charge in [-0.25, -0.2) is 13.4 Å². The molecular weight excluding hydrogens is 446 g/mol. The Kier molecular flexibility index (Phi) is 6.30. The topological polar surface area (TPSA) is 81.1 Å². The van der Waals surface area contributed by atoms with E-state index in [0.717, 1.165) is 17.4 Å². The van der Waals surface area contributed by atoms with Crippen molar-refractivity contribution in [3.8, 4) is 0 Å². The maximum absolute atomic E-state index is 13.2. The highest BCUT2D eigenvalue weighted by atomic mass is 35.5. The van der Waals surface area contributed by atoms with E-state index in [1.165, 1.54) is 0 Å². The number of carbonyl (C=O) groups excluding carboxylic acids is 1. The minimum Gasteiger partial charge on any atom is -0.344 e. The summed E-state index contributed by atoms with van der Waals surface area (Å²) in [5, 5.41) is 3.70. The largest absolute Gasteiger partial charge is 0.344 e. The molecule has 0 fully saturated rings. The Morgan fingerprint density at radius 2 is 1.59 bits per heavy atom. The molecule has 0 aliphatic rings. The molecule has 4 aromatic rings. The molecule has 0 radical (unpaired) electrons. The predicted molar refractivity (Wildman–Crippen MR) is 126 cm³/mol. The molecule has 0 bridgehead atoms. The molecule has 1 atom stereocenters. The molecule has 32 heavy (non-hydrogen) atoms. The van der Waals surface area contributed by atoms with Gasteiger partial charge in [0.1, 0.15) is 18.1 Å². The van der Waals surface area contributed by atoms with Crippen LogP contribution >= 0.6 is 11.6 Å². The van der Waals surface area contributed by atoms with Gasteiger partial charge in [-0.1, -0.05) is 66.2 Å². The number of carbonyl (C=O) groups is 1. The van der Waals surface area contributed by atoms with Gasteiger partial charge >= 0.3 is 0 Å². The van der Waals surface area contributed by atoms with E-state index in [1.807, 2.05) is 60.7 Å². The number of benzene rings is 3. The van der Waals surface area contributed by atoms with Crippen molar-refractivity contribution in [2.24, 2.45) is 0 Å². The van der Waals surface area contributed by atoms with E-state index < -0.39 is 9.84 Å². The number of para-hydroxylation sites is 2. The molecule has 0 aliphatic heterocycles. The van der Waals surface area contributed by atoms with Gasteiger partial charge in [0.2, 0.25) is 5.91 Å². The molecule has 0 unspecified atom stereocenters. The number of rotatable bonds is 7. The number of hydrogen-bond donors (Lipinski definition) is 1. The van der Waals surface area contributed by atoms with Crippen LogP contribution in [0, 0.1) is 0 Å². The van der Waals surface area contributed by atoms with Gasteiger partial charge in [0.25, 0.3) is 0 Å². The fourth-order valence-electron chi connectivity index (χ4n) is 3.66. The van der Waals surface area contributed by atoms with Crippen LogP contribution in [0.1, 0.15) is 23.0 Å². The SMILES string of the molecule is CS(=O)(=O)Cc1nc2ccccc2n1CC(=O)N[C@@H](c1ccccc1)c1ccc(Cl)cc1. The molecule has 6 nitrogen and oxygen atoms in total. The van der Waals surface area contributed by atoms with Crippen LogP contribution in [0.2, 0.25) is 5.02 Å². The first-order valence-electron chi connectivity index (χ1n) is 10.0. The van der Waals surface area contributed by atoms with E-state index in [4.69, 9.17) is 11.6 Å². The first-order valence-corrected chi connectivity index (χ1v) is 12.5. The molecule has 8 heteroatoms. The molecule has 0 aliphatic carbocycles. The standard InChI is InChI=1S/C24H22ClN3O3S/c1-32(30,31)16-22-26-20-9-5-6-10-21(20)28(22)15-23(29)27-24(17-7-3-2-4-8-17)18-11-13-19(25)14-12-18/h2-14,24H,15-16H2,1H3,(H,27,29)/t24-/m0/s1. The number of hydrogen-bond acceptors (Lipinski definition) is 4. The first kappa shape index (κ1) is 22.0. The Labute approximate surface area is 191 Å². The van der Waals surface area contributed by atoms with Crippen LogP contribution in [0.3, 0.4) is 0 Å². The summed E-state index contributed by atoms with van der Waals surface area (Å²) in [5.74, 6) is -0.160. The lowest BCUT2D eigenvalue weighted by atomic mass is 9.98. The number of nitrogens with zero attached hydrogens (tertiary/aromatic N) is 2. The van der Waals surface area contributed by atoms with Crippen LogP contribution in [0.25, 0.3) is 11.0 Å². The lowest BCUT2D eigenvalue weighted by Gasteiger charge is -2.20. The van der Waals surface area contributed by atoms with Gasteiger partial charge in [-0.15, -0.1) is 0 Å². The molecule has 4 rings (SSSR count). The monoisotopic (exact) mass is 467 g/mol. The Hall–Kier alpha value is -3.16. The van der Waals surface area contributed by atoms with Crippen LogP contribution in [-0.4, -0.2) is 30.1 Å². The summed E-state index contributed by atoms with van der Waals surface area (Å²) in [4.78, 5) is 17.6. The Balaban J connectivity index is 1.66. The van der Waals surface area contributed by atoms with Gasteiger partial charge in [-0.05, 0) is 35.4 Å². The summed E-state index contributed by atoms with van der Waals surface area (Å²) in [5.41, 5.74) is 3.18. The number of aromatic nitrogens is 2. The van der Waals surface area contributed by atoms with Gasteiger partial charge in [0.05, 0.1) is 17.1 Å². The van der Waals surface area contributed by atoms with E-state index in [9.17, 15) is 13.2 Å². The fraction of sp³-hybridized carbons (Fsp3) is 0.167. The second kappa shape index (κ2) is 9.14. The average molecular weight is 468 g/mol. The highest BCUT2D eigenvalue weighted by Crippen LogP contribution is 2.24. The predicted octanol–water partition coefficient (Wildman–Crippen LogP) is 4.14. The molecule has 1 heterocycles. The number of imidazole rings is 1. The number of fused-ring (bicyclic) bond motifs is 1. The molecule has 0 saturated heterocycles. The van der Waals surface area contributed by atoms with Gasteiger partial charge in [0.15, 0.2) is 9.84 Å². The van der Waals surface area contributed by atoms with E-state index >= 15 is 0 Å². The second-order valence-corrected chi connectivity index (χ2v) is 10.2. The zero-order chi connectivity index (χ0) is 22.7. The van der Waals surface area contributed by atoms with E-state index in [1.54, 1.807) is 22.8 Å². The number of amides is 1. The van der Waals surface area contributed by atoms with Gasteiger partial charge in [-0.2, -0.15) is 0 Å². The normalized spacial score (nSPS) is 12.6. The summed E-state index contributed by atoms with van der Waals surface area (Å²) < 4.78 is 25.5. The van der Waals surface area contributed by atoms with Crippen LogP contribution < -0.4 is 5.32 Å². The molecule has 1 aromatic heterocycles. The van der Waals surface area contributed by atoms with Crippen molar-refractivity contribution in [3.63, 3.8) is 0 Å². The highest BCUT2D eigenvalue weighted by molar-refractivity contribution is 7.89. The minimum atomic E-state index is -3.32. The van der Waals surface area contributed by atoms with Crippen molar-refractivity contribution in [1.29, 1.82) is 0 Å². The minimum absolute atomic E-state index is 0.0533. The molecule has 1 amide bonds. The van der Waals surface area contributed by atoms with Gasteiger partial charge < -0.3 is 9.88 Å². The lowest BCUT2D eigenvalue weighted by Crippen LogP contribution is -2.32. The third-order valence-electron chi connectivity index (χ3n) is 5.07. The van der Waals surface area contributed by atoms with Crippen molar-refractivity contribution < 1.29 is 13.2 Å². The first-order chi connectivity index (χ1) is 15.3. The van der Waals surface area contributed by atoms with Crippen molar-refractivity contribution in [2.45, 2.75) is 18.3 Å². The molecule has 164 valence electrons. The van der Waals surface area contributed by atoms with Gasteiger partial charge in [-0.3, -0.25) is 4.79 Å². The second-order valence-electron chi connectivity index (χ2n) is 7.64. The molecule has 0 spiro atoms. The van der Waals surface area contributed by atoms with E-state index in [2.05, 4.69) is 10.3 Å². The molecule has 3 aromatic carbocycles. The maximum Gasteiger partial charge on any atom is 0.240 e. The summed E-state index contributed by atoms with van der Waals surface area (Å²) in [6, 6.07) is 23.9. The van der Waals surface area contributed by atoms with E-state index in [-0.39, 0.29) is 24.2 Å². The molecular formula is C24H22ClN3O3S. The van der Waals surface area contributed by atoms with Crippen LogP contribution in [0.15, 0.2) is 78.9 Å². The van der Waals surface area contributed by atoms with E-state index in [0.29, 0.717) is 21.9 Å². The lowest BCUT2D eigenvalue weighted by molar-refractivity contribution is -0.122. The van der Waals surface area contributed by atoms with Crippen LogP contribution in [-0.2, 0) is 26.9 Å². The van der Waals surface area contributed by atoms with Gasteiger partial charge in [0, 0.05) is 11.3 Å². The Morgan fingerprint density at radius 3 is 2.28 bits per heavy atom. The van der Waals surface area contributed by atoms with Crippen molar-refractivity contribution in [3.05, 3.63) is 101 Å². The number of sulfone groups is 1. The van der Waals surface area contributed by atoms with Crippen LogP contribution in [0.5, 0.6) is 0 Å². The smallest absolute Gasteiger partial charge is 0.240 e. The fourth-order valence-corrected chi connectivity index (χ4v) is 4.47. The number of halogens is 1. The highest BCUT2D eigenvalue weighted by Gasteiger charge is 2.20. The average Bonchev–Trinajstić information content (AvgIpc) is 3.08. The quantitative estimate of drug-likeness (QED) is 0.443. The van der Waals surface area contributed by atoms with Crippen molar-refractivity contribution in [2.75, 3.05) is 6.26 Å². The van der Waals surface area contributed by atoms with Crippen LogP contribution in [0.4, 0.5) is 0 Å².